The minimum atomic E-state index is 0.515. The van der Waals surface area contributed by atoms with Gasteiger partial charge in [0.15, 0.2) is 0 Å². The van der Waals surface area contributed by atoms with E-state index in [0.717, 1.165) is 12.1 Å². The molecule has 1 heterocycles. The first-order valence-electron chi connectivity index (χ1n) is 4.32. The van der Waals surface area contributed by atoms with Crippen molar-refractivity contribution < 1.29 is 0 Å². The molecule has 0 bridgehead atoms. The van der Waals surface area contributed by atoms with Crippen LogP contribution in [0.25, 0.3) is 0 Å². The van der Waals surface area contributed by atoms with Gasteiger partial charge in [-0.15, -0.1) is 0 Å². The highest BCUT2D eigenvalue weighted by molar-refractivity contribution is 6.30. The summed E-state index contributed by atoms with van der Waals surface area (Å²) in [7, 11) is 0. The average Bonchev–Trinajstić information content (AvgIpc) is 2.07. The molecule has 72 valence electrons. The lowest BCUT2D eigenvalue weighted by atomic mass is 10.2. The Kier molecular flexibility index (Phi) is 3.48. The third-order valence-electron chi connectivity index (χ3n) is 1.58. The average molecular weight is 200 g/mol. The van der Waals surface area contributed by atoms with E-state index in [2.05, 4.69) is 29.1 Å². The molecule has 0 saturated carbocycles. The van der Waals surface area contributed by atoms with E-state index in [1.54, 1.807) is 6.20 Å². The maximum Gasteiger partial charge on any atom is 0.224 e. The van der Waals surface area contributed by atoms with Gasteiger partial charge in [-0.1, -0.05) is 25.4 Å². The standard InChI is InChI=1S/C9H14ClN3/c1-6(2)4-11-9-12-5-7(3)8(10)13-9/h5-6H,4H2,1-3H3,(H,11,12,13). The minimum absolute atomic E-state index is 0.515. The van der Waals surface area contributed by atoms with Crippen LogP contribution in [0.3, 0.4) is 0 Å². The summed E-state index contributed by atoms with van der Waals surface area (Å²) in [6, 6.07) is 0. The molecule has 3 nitrogen and oxygen atoms in total. The molecule has 1 rings (SSSR count). The van der Waals surface area contributed by atoms with Gasteiger partial charge in [0.05, 0.1) is 0 Å². The zero-order valence-corrected chi connectivity index (χ0v) is 8.89. The van der Waals surface area contributed by atoms with E-state index >= 15 is 0 Å². The smallest absolute Gasteiger partial charge is 0.224 e. The summed E-state index contributed by atoms with van der Waals surface area (Å²) in [5.74, 6) is 1.17. The molecular formula is C9H14ClN3. The highest BCUT2D eigenvalue weighted by atomic mass is 35.5. The number of nitrogens with one attached hydrogen (secondary N) is 1. The second-order valence-corrected chi connectivity index (χ2v) is 3.80. The monoisotopic (exact) mass is 199 g/mol. The predicted molar refractivity (Wildman–Crippen MR) is 55.1 cm³/mol. The lowest BCUT2D eigenvalue weighted by Crippen LogP contribution is -2.10. The Bertz CT molecular complexity index is 286. The first-order valence-corrected chi connectivity index (χ1v) is 4.70. The van der Waals surface area contributed by atoms with Crippen LogP contribution in [0.1, 0.15) is 19.4 Å². The molecule has 1 aromatic heterocycles. The second-order valence-electron chi connectivity index (χ2n) is 3.44. The third-order valence-corrected chi connectivity index (χ3v) is 1.96. The molecule has 0 aliphatic heterocycles. The van der Waals surface area contributed by atoms with Gasteiger partial charge in [0.25, 0.3) is 0 Å². The summed E-state index contributed by atoms with van der Waals surface area (Å²) in [5, 5.41) is 3.62. The van der Waals surface area contributed by atoms with Crippen molar-refractivity contribution in [1.82, 2.24) is 9.97 Å². The van der Waals surface area contributed by atoms with Gasteiger partial charge in [-0.05, 0) is 12.8 Å². The van der Waals surface area contributed by atoms with E-state index in [1.165, 1.54) is 0 Å². The van der Waals surface area contributed by atoms with Crippen molar-refractivity contribution in [3.63, 3.8) is 0 Å². The Morgan fingerprint density at radius 3 is 2.77 bits per heavy atom. The Balaban J connectivity index is 2.63. The fraction of sp³-hybridized carbons (Fsp3) is 0.556. The van der Waals surface area contributed by atoms with E-state index in [1.807, 2.05) is 6.92 Å². The fourth-order valence-corrected chi connectivity index (χ4v) is 0.931. The van der Waals surface area contributed by atoms with E-state index in [4.69, 9.17) is 11.6 Å². The number of aromatic nitrogens is 2. The van der Waals surface area contributed by atoms with E-state index in [9.17, 15) is 0 Å². The zero-order chi connectivity index (χ0) is 9.84. The van der Waals surface area contributed by atoms with E-state index < -0.39 is 0 Å². The van der Waals surface area contributed by atoms with Gasteiger partial charge in [-0.25, -0.2) is 9.97 Å². The van der Waals surface area contributed by atoms with Crippen LogP contribution < -0.4 is 5.32 Å². The highest BCUT2D eigenvalue weighted by Crippen LogP contribution is 2.12. The molecule has 4 heteroatoms. The molecule has 0 spiro atoms. The molecule has 0 unspecified atom stereocenters. The fourth-order valence-electron chi connectivity index (χ4n) is 0.802. The Morgan fingerprint density at radius 1 is 1.54 bits per heavy atom. The normalized spacial score (nSPS) is 10.5. The van der Waals surface area contributed by atoms with Crippen LogP contribution >= 0.6 is 11.6 Å². The van der Waals surface area contributed by atoms with Crippen LogP contribution in [0.5, 0.6) is 0 Å². The number of hydrogen-bond donors (Lipinski definition) is 1. The molecule has 0 amide bonds. The predicted octanol–water partition coefficient (Wildman–Crippen LogP) is 2.51. The van der Waals surface area contributed by atoms with E-state index in [0.29, 0.717) is 17.0 Å². The van der Waals surface area contributed by atoms with Crippen molar-refractivity contribution in [3.8, 4) is 0 Å². The number of aryl methyl sites for hydroxylation is 1. The largest absolute Gasteiger partial charge is 0.354 e. The Hall–Kier alpha value is -0.830. The Morgan fingerprint density at radius 2 is 2.23 bits per heavy atom. The lowest BCUT2D eigenvalue weighted by molar-refractivity contribution is 0.684. The van der Waals surface area contributed by atoms with Crippen LogP contribution in [0.4, 0.5) is 5.95 Å². The molecule has 0 fully saturated rings. The topological polar surface area (TPSA) is 37.8 Å². The van der Waals surface area contributed by atoms with Gasteiger partial charge >= 0.3 is 0 Å². The van der Waals surface area contributed by atoms with Gasteiger partial charge in [-0.3, -0.25) is 0 Å². The summed E-state index contributed by atoms with van der Waals surface area (Å²) in [6.07, 6.45) is 1.72. The minimum Gasteiger partial charge on any atom is -0.354 e. The third kappa shape index (κ3) is 3.19. The van der Waals surface area contributed by atoms with Crippen molar-refractivity contribution in [2.75, 3.05) is 11.9 Å². The molecular weight excluding hydrogens is 186 g/mol. The number of anilines is 1. The van der Waals surface area contributed by atoms with Crippen molar-refractivity contribution in [2.24, 2.45) is 5.92 Å². The first kappa shape index (κ1) is 10.3. The molecule has 0 aromatic carbocycles. The summed E-state index contributed by atoms with van der Waals surface area (Å²) < 4.78 is 0. The molecule has 0 aliphatic rings. The van der Waals surface area contributed by atoms with E-state index in [-0.39, 0.29) is 0 Å². The maximum atomic E-state index is 5.84. The summed E-state index contributed by atoms with van der Waals surface area (Å²) >= 11 is 5.84. The summed E-state index contributed by atoms with van der Waals surface area (Å²) in [5.41, 5.74) is 0.900. The molecule has 1 aromatic rings. The van der Waals surface area contributed by atoms with Crippen molar-refractivity contribution in [1.29, 1.82) is 0 Å². The van der Waals surface area contributed by atoms with Crippen LogP contribution in [0.15, 0.2) is 6.20 Å². The molecule has 1 N–H and O–H groups in total. The quantitative estimate of drug-likeness (QED) is 0.761. The maximum absolute atomic E-state index is 5.84. The van der Waals surface area contributed by atoms with Crippen LogP contribution in [-0.2, 0) is 0 Å². The van der Waals surface area contributed by atoms with Crippen LogP contribution in [0, 0.1) is 12.8 Å². The lowest BCUT2D eigenvalue weighted by Gasteiger charge is -2.07. The summed E-state index contributed by atoms with van der Waals surface area (Å²) in [4.78, 5) is 8.19. The highest BCUT2D eigenvalue weighted by Gasteiger charge is 2.01. The summed E-state index contributed by atoms with van der Waals surface area (Å²) in [6.45, 7) is 7.00. The van der Waals surface area contributed by atoms with Crippen LogP contribution in [0.2, 0.25) is 5.15 Å². The number of hydrogen-bond acceptors (Lipinski definition) is 3. The molecule has 0 radical (unpaired) electrons. The van der Waals surface area contributed by atoms with Crippen molar-refractivity contribution in [3.05, 3.63) is 16.9 Å². The van der Waals surface area contributed by atoms with Gasteiger partial charge in [-0.2, -0.15) is 0 Å². The number of rotatable bonds is 3. The van der Waals surface area contributed by atoms with Crippen molar-refractivity contribution >= 4 is 17.5 Å². The molecule has 0 aliphatic carbocycles. The SMILES string of the molecule is Cc1cnc(NCC(C)C)nc1Cl. The molecule has 0 saturated heterocycles. The first-order chi connectivity index (χ1) is 6.09. The van der Waals surface area contributed by atoms with Gasteiger partial charge in [0, 0.05) is 18.3 Å². The van der Waals surface area contributed by atoms with Crippen molar-refractivity contribution in [2.45, 2.75) is 20.8 Å². The zero-order valence-electron chi connectivity index (χ0n) is 8.13. The van der Waals surface area contributed by atoms with Gasteiger partial charge < -0.3 is 5.32 Å². The van der Waals surface area contributed by atoms with Gasteiger partial charge in [0.1, 0.15) is 5.15 Å². The number of nitrogens with zero attached hydrogens (tertiary/aromatic N) is 2. The number of halogens is 1. The van der Waals surface area contributed by atoms with Gasteiger partial charge in [0.2, 0.25) is 5.95 Å². The molecule has 0 atom stereocenters. The second kappa shape index (κ2) is 4.42. The Labute approximate surface area is 83.5 Å². The molecule has 13 heavy (non-hydrogen) atoms. The van der Waals surface area contributed by atoms with Crippen LogP contribution in [-0.4, -0.2) is 16.5 Å².